The Morgan fingerprint density at radius 3 is 2.71 bits per heavy atom. The summed E-state index contributed by atoms with van der Waals surface area (Å²) in [7, 11) is 1.33. The van der Waals surface area contributed by atoms with Gasteiger partial charge in [0.1, 0.15) is 17.1 Å². The molecule has 8 heteroatoms. The monoisotopic (exact) mass is 448 g/mol. The topological polar surface area (TPSA) is 60.8 Å². The van der Waals surface area contributed by atoms with Crippen molar-refractivity contribution in [3.05, 3.63) is 62.3 Å². The van der Waals surface area contributed by atoms with Gasteiger partial charge in [-0.15, -0.1) is 0 Å². The first-order valence-corrected chi connectivity index (χ1v) is 11.0. The fourth-order valence-electron chi connectivity index (χ4n) is 4.46. The normalized spacial score (nSPS) is 17.3. The number of carbonyl (C=O) groups excluding carboxylic acids is 1. The molecule has 0 unspecified atom stereocenters. The van der Waals surface area contributed by atoms with Crippen molar-refractivity contribution < 1.29 is 18.7 Å². The van der Waals surface area contributed by atoms with Gasteiger partial charge >= 0.3 is 5.97 Å². The highest BCUT2D eigenvalue weighted by Gasteiger charge is 2.28. The van der Waals surface area contributed by atoms with Crippen LogP contribution in [0.2, 0.25) is 5.02 Å². The molecule has 1 fully saturated rings. The number of pyridine rings is 1. The molecule has 0 saturated heterocycles. The third-order valence-electron chi connectivity index (χ3n) is 6.11. The molecule has 1 saturated carbocycles. The van der Waals surface area contributed by atoms with Crippen LogP contribution in [0.5, 0.6) is 5.75 Å². The third-order valence-corrected chi connectivity index (χ3v) is 6.47. The second-order valence-corrected chi connectivity index (χ2v) is 8.47. The van der Waals surface area contributed by atoms with E-state index in [9.17, 15) is 14.0 Å². The van der Waals surface area contributed by atoms with Crippen molar-refractivity contribution >= 4 is 17.6 Å². The maximum atomic E-state index is 14.3. The number of hydrogen-bond donors (Lipinski definition) is 0. The van der Waals surface area contributed by atoms with Crippen molar-refractivity contribution in [1.29, 1.82) is 0 Å². The number of carbonyl (C=O) groups is 1. The Bertz CT molecular complexity index is 1010. The molecule has 0 atom stereocenters. The zero-order valence-electron chi connectivity index (χ0n) is 17.5. The molecule has 0 bridgehead atoms. The number of rotatable bonds is 5. The second kappa shape index (κ2) is 9.40. The van der Waals surface area contributed by atoms with E-state index in [4.69, 9.17) is 21.1 Å². The number of methoxy groups -OCH3 is 1. The zero-order chi connectivity index (χ0) is 22.0. The number of aromatic nitrogens is 1. The van der Waals surface area contributed by atoms with E-state index in [1.165, 1.54) is 19.2 Å². The van der Waals surface area contributed by atoms with Crippen LogP contribution in [0, 0.1) is 5.82 Å². The summed E-state index contributed by atoms with van der Waals surface area (Å²) in [5.74, 6) is -0.558. The van der Waals surface area contributed by atoms with Crippen LogP contribution in [-0.4, -0.2) is 41.7 Å². The fourth-order valence-corrected chi connectivity index (χ4v) is 4.68. The van der Waals surface area contributed by atoms with Crippen LogP contribution in [0.1, 0.15) is 47.3 Å². The van der Waals surface area contributed by atoms with Crippen LogP contribution in [0.15, 0.2) is 29.1 Å². The molecule has 2 aromatic rings. The van der Waals surface area contributed by atoms with E-state index in [0.717, 1.165) is 25.7 Å². The van der Waals surface area contributed by atoms with Crippen molar-refractivity contribution in [3.8, 4) is 5.75 Å². The van der Waals surface area contributed by atoms with Gasteiger partial charge in [-0.05, 0) is 37.8 Å². The predicted octanol–water partition coefficient (Wildman–Crippen LogP) is 3.81. The molecule has 1 aromatic heterocycles. The molecule has 1 aliphatic carbocycles. The first-order chi connectivity index (χ1) is 15.0. The van der Waals surface area contributed by atoms with Crippen molar-refractivity contribution in [1.82, 2.24) is 9.47 Å². The van der Waals surface area contributed by atoms with E-state index >= 15 is 0 Å². The quantitative estimate of drug-likeness (QED) is 0.651. The molecule has 2 aliphatic rings. The predicted molar refractivity (Wildman–Crippen MR) is 115 cm³/mol. The zero-order valence-corrected chi connectivity index (χ0v) is 18.3. The van der Waals surface area contributed by atoms with Crippen LogP contribution in [-0.2, 0) is 24.2 Å². The van der Waals surface area contributed by atoms with Crippen molar-refractivity contribution in [2.75, 3.05) is 20.2 Å². The Balaban J connectivity index is 1.64. The van der Waals surface area contributed by atoms with Gasteiger partial charge < -0.3 is 14.0 Å². The van der Waals surface area contributed by atoms with Crippen molar-refractivity contribution in [2.24, 2.45) is 0 Å². The van der Waals surface area contributed by atoms with Gasteiger partial charge in [-0.2, -0.15) is 0 Å². The Labute approximate surface area is 185 Å². The number of esters is 1. The largest absolute Gasteiger partial charge is 0.489 e. The molecule has 0 N–H and O–H groups in total. The van der Waals surface area contributed by atoms with Gasteiger partial charge in [-0.25, -0.2) is 9.18 Å². The molecule has 6 nitrogen and oxygen atoms in total. The summed E-state index contributed by atoms with van der Waals surface area (Å²) in [6.07, 6.45) is 4.43. The molecule has 0 radical (unpaired) electrons. The van der Waals surface area contributed by atoms with Gasteiger partial charge in [0.25, 0.3) is 5.56 Å². The first kappa shape index (κ1) is 21.8. The van der Waals surface area contributed by atoms with Crippen LogP contribution < -0.4 is 10.3 Å². The number of nitrogens with zero attached hydrogens (tertiary/aromatic N) is 2. The number of ether oxygens (including phenoxy) is 2. The highest BCUT2D eigenvalue weighted by atomic mass is 35.5. The lowest BCUT2D eigenvalue weighted by molar-refractivity contribution is 0.0590. The van der Waals surface area contributed by atoms with Crippen molar-refractivity contribution in [2.45, 2.75) is 51.3 Å². The van der Waals surface area contributed by atoms with Crippen LogP contribution in [0.4, 0.5) is 4.39 Å². The Kier molecular flexibility index (Phi) is 6.62. The summed E-state index contributed by atoms with van der Waals surface area (Å²) in [6, 6.07) is 6.03. The van der Waals surface area contributed by atoms with Gasteiger partial charge in [0.2, 0.25) is 0 Å². The molecule has 1 aliphatic heterocycles. The van der Waals surface area contributed by atoms with E-state index < -0.39 is 5.97 Å². The maximum Gasteiger partial charge on any atom is 0.343 e. The summed E-state index contributed by atoms with van der Waals surface area (Å²) >= 11 is 6.19. The third kappa shape index (κ3) is 4.62. The maximum absolute atomic E-state index is 14.3. The van der Waals surface area contributed by atoms with Gasteiger partial charge in [-0.3, -0.25) is 9.69 Å². The Morgan fingerprint density at radius 2 is 2.00 bits per heavy atom. The number of fused-ring (bicyclic) bond motifs is 1. The standard InChI is InChI=1S/C23H26ClFN2O4/c1-30-23(29)22-19-9-10-26(14-16-17(24)7-4-8-18(16)25)11-12-27(19)21(28)13-20(22)31-15-5-2-3-6-15/h4,7-8,13,15H,2-3,5-6,9-12,14H2,1H3. The summed E-state index contributed by atoms with van der Waals surface area (Å²) < 4.78 is 27.0. The first-order valence-electron chi connectivity index (χ1n) is 10.6. The van der Waals surface area contributed by atoms with Crippen molar-refractivity contribution in [3.63, 3.8) is 0 Å². The van der Waals surface area contributed by atoms with E-state index in [1.807, 2.05) is 4.90 Å². The van der Waals surface area contributed by atoms with Crippen LogP contribution >= 0.6 is 11.6 Å². The molecular weight excluding hydrogens is 423 g/mol. The fraction of sp³-hybridized carbons (Fsp3) is 0.478. The Morgan fingerprint density at radius 1 is 1.23 bits per heavy atom. The molecular formula is C23H26ClFN2O4. The van der Waals surface area contributed by atoms with E-state index in [2.05, 4.69) is 0 Å². The minimum atomic E-state index is -0.512. The van der Waals surface area contributed by atoms with Crippen LogP contribution in [0.25, 0.3) is 0 Å². The lowest BCUT2D eigenvalue weighted by atomic mass is 10.1. The van der Waals surface area contributed by atoms with Crippen LogP contribution in [0.3, 0.4) is 0 Å². The molecule has 166 valence electrons. The smallest absolute Gasteiger partial charge is 0.343 e. The highest BCUT2D eigenvalue weighted by Crippen LogP contribution is 2.29. The molecule has 0 spiro atoms. The Hall–Kier alpha value is -2.38. The average molecular weight is 449 g/mol. The van der Waals surface area contributed by atoms with Gasteiger partial charge in [0.15, 0.2) is 0 Å². The molecule has 0 amide bonds. The number of hydrogen-bond acceptors (Lipinski definition) is 5. The van der Waals surface area contributed by atoms with E-state index in [0.29, 0.717) is 60.2 Å². The number of benzene rings is 1. The minimum absolute atomic E-state index is 0.0105. The van der Waals surface area contributed by atoms with Gasteiger partial charge in [-0.1, -0.05) is 17.7 Å². The summed E-state index contributed by atoms with van der Waals surface area (Å²) in [5, 5.41) is 0.376. The van der Waals surface area contributed by atoms with Gasteiger partial charge in [0.05, 0.1) is 13.2 Å². The minimum Gasteiger partial charge on any atom is -0.489 e. The lowest BCUT2D eigenvalue weighted by Gasteiger charge is -2.20. The highest BCUT2D eigenvalue weighted by molar-refractivity contribution is 6.31. The van der Waals surface area contributed by atoms with E-state index in [1.54, 1.807) is 16.7 Å². The molecule has 31 heavy (non-hydrogen) atoms. The molecule has 1 aromatic carbocycles. The summed E-state index contributed by atoms with van der Waals surface area (Å²) in [5.41, 5.74) is 1.15. The van der Waals surface area contributed by atoms with Gasteiger partial charge in [0, 0.05) is 54.9 Å². The molecule has 2 heterocycles. The number of halogens is 2. The summed E-state index contributed by atoms with van der Waals surface area (Å²) in [6.45, 7) is 1.78. The lowest BCUT2D eigenvalue weighted by Crippen LogP contribution is -2.29. The second-order valence-electron chi connectivity index (χ2n) is 8.06. The molecule has 4 rings (SSSR count). The van der Waals surface area contributed by atoms with E-state index in [-0.39, 0.29) is 17.5 Å². The summed E-state index contributed by atoms with van der Waals surface area (Å²) in [4.78, 5) is 27.6. The SMILES string of the molecule is COC(=O)c1c(OC2CCCC2)cc(=O)n2c1CCN(Cc1c(F)cccc1Cl)CC2. The average Bonchev–Trinajstić information content (AvgIpc) is 3.16.